The first kappa shape index (κ1) is 20.9. The SMILES string of the molecule is CCCC(=O)c1ccccc1OCC[NH+](C(C)C)C(C)C.[Cl-]. The molecule has 22 heavy (non-hydrogen) atoms. The van der Waals surface area contributed by atoms with Crippen molar-refractivity contribution < 1.29 is 26.8 Å². The minimum absolute atomic E-state index is 0. The molecule has 1 aromatic carbocycles. The molecular weight excluding hydrogens is 298 g/mol. The Morgan fingerprint density at radius 3 is 2.27 bits per heavy atom. The summed E-state index contributed by atoms with van der Waals surface area (Å²) in [4.78, 5) is 13.6. The molecule has 0 aliphatic rings. The molecule has 0 atom stereocenters. The Hall–Kier alpha value is -1.06. The van der Waals surface area contributed by atoms with Gasteiger partial charge in [-0.3, -0.25) is 4.79 Å². The van der Waals surface area contributed by atoms with Gasteiger partial charge in [-0.25, -0.2) is 0 Å². The van der Waals surface area contributed by atoms with Crippen molar-refractivity contribution in [1.29, 1.82) is 0 Å². The first-order chi connectivity index (χ1) is 9.97. The summed E-state index contributed by atoms with van der Waals surface area (Å²) in [5, 5.41) is 0. The van der Waals surface area contributed by atoms with E-state index in [1.54, 1.807) is 0 Å². The molecule has 0 amide bonds. The van der Waals surface area contributed by atoms with Crippen molar-refractivity contribution in [2.75, 3.05) is 13.2 Å². The van der Waals surface area contributed by atoms with Crippen LogP contribution in [0.1, 0.15) is 57.8 Å². The molecule has 0 aromatic heterocycles. The second kappa shape index (κ2) is 10.6. The van der Waals surface area contributed by atoms with Crippen LogP contribution in [0.5, 0.6) is 5.75 Å². The molecule has 1 N–H and O–H groups in total. The average Bonchev–Trinajstić information content (AvgIpc) is 2.43. The van der Waals surface area contributed by atoms with Crippen LogP contribution in [0.15, 0.2) is 24.3 Å². The zero-order valence-electron chi connectivity index (χ0n) is 14.5. The third kappa shape index (κ3) is 6.37. The summed E-state index contributed by atoms with van der Waals surface area (Å²) in [5.74, 6) is 0.896. The number of carbonyl (C=O) groups is 1. The Balaban J connectivity index is 0.00000441. The van der Waals surface area contributed by atoms with Crippen molar-refractivity contribution in [2.45, 2.75) is 59.5 Å². The van der Waals surface area contributed by atoms with Gasteiger partial charge in [0.1, 0.15) is 18.9 Å². The van der Waals surface area contributed by atoms with Crippen LogP contribution in [0.25, 0.3) is 0 Å². The van der Waals surface area contributed by atoms with Gasteiger partial charge in [0.15, 0.2) is 5.78 Å². The van der Waals surface area contributed by atoms with Crippen LogP contribution in [0, 0.1) is 0 Å². The topological polar surface area (TPSA) is 30.7 Å². The quantitative estimate of drug-likeness (QED) is 0.634. The number of para-hydroxylation sites is 1. The minimum atomic E-state index is 0. The van der Waals surface area contributed by atoms with E-state index in [0.29, 0.717) is 25.1 Å². The maximum absolute atomic E-state index is 12.1. The number of ether oxygens (including phenoxy) is 1. The Labute approximate surface area is 141 Å². The van der Waals surface area contributed by atoms with Crippen molar-refractivity contribution in [3.05, 3.63) is 29.8 Å². The highest BCUT2D eigenvalue weighted by atomic mass is 35.5. The lowest BCUT2D eigenvalue weighted by atomic mass is 10.1. The van der Waals surface area contributed by atoms with Gasteiger partial charge in [-0.05, 0) is 46.2 Å². The van der Waals surface area contributed by atoms with E-state index in [1.807, 2.05) is 31.2 Å². The van der Waals surface area contributed by atoms with Crippen LogP contribution in [0.3, 0.4) is 0 Å². The van der Waals surface area contributed by atoms with Gasteiger partial charge in [-0.1, -0.05) is 19.1 Å². The molecule has 126 valence electrons. The van der Waals surface area contributed by atoms with Gasteiger partial charge in [-0.2, -0.15) is 0 Å². The number of hydrogen-bond donors (Lipinski definition) is 1. The first-order valence-corrected chi connectivity index (χ1v) is 8.08. The summed E-state index contributed by atoms with van der Waals surface area (Å²) < 4.78 is 5.89. The fourth-order valence-corrected chi connectivity index (χ4v) is 2.71. The molecule has 0 unspecified atom stereocenters. The fourth-order valence-electron chi connectivity index (χ4n) is 2.71. The highest BCUT2D eigenvalue weighted by Gasteiger charge is 2.17. The molecular formula is C18H30ClNO2. The molecule has 0 heterocycles. The second-order valence-electron chi connectivity index (χ2n) is 6.15. The maximum atomic E-state index is 12.1. The number of carbonyl (C=O) groups excluding carboxylic acids is 1. The summed E-state index contributed by atoms with van der Waals surface area (Å²) in [7, 11) is 0. The number of benzene rings is 1. The van der Waals surface area contributed by atoms with Gasteiger partial charge >= 0.3 is 0 Å². The minimum Gasteiger partial charge on any atom is -1.00 e. The largest absolute Gasteiger partial charge is 1.00 e. The Kier molecular flexibility index (Phi) is 10.1. The van der Waals surface area contributed by atoms with Crippen molar-refractivity contribution in [3.63, 3.8) is 0 Å². The highest BCUT2D eigenvalue weighted by molar-refractivity contribution is 5.98. The Morgan fingerprint density at radius 2 is 1.73 bits per heavy atom. The number of hydrogen-bond acceptors (Lipinski definition) is 2. The third-order valence-corrected chi connectivity index (χ3v) is 3.80. The zero-order valence-corrected chi connectivity index (χ0v) is 15.2. The Bertz CT molecular complexity index is 438. The molecule has 0 fully saturated rings. The highest BCUT2D eigenvalue weighted by Crippen LogP contribution is 2.19. The van der Waals surface area contributed by atoms with Gasteiger partial charge < -0.3 is 22.0 Å². The van der Waals surface area contributed by atoms with Gasteiger partial charge in [0.05, 0.1) is 17.6 Å². The maximum Gasteiger partial charge on any atom is 0.166 e. The fraction of sp³-hybridized carbons (Fsp3) is 0.611. The van der Waals surface area contributed by atoms with Crippen LogP contribution in [0.2, 0.25) is 0 Å². The van der Waals surface area contributed by atoms with Gasteiger partial charge in [0, 0.05) is 6.42 Å². The van der Waals surface area contributed by atoms with Gasteiger partial charge in [0.2, 0.25) is 0 Å². The predicted octanol–water partition coefficient (Wildman–Crippen LogP) is -0.246. The van der Waals surface area contributed by atoms with E-state index in [1.165, 1.54) is 4.90 Å². The summed E-state index contributed by atoms with van der Waals surface area (Å²) >= 11 is 0. The molecule has 0 bridgehead atoms. The van der Waals surface area contributed by atoms with Crippen molar-refractivity contribution in [1.82, 2.24) is 0 Å². The molecule has 3 nitrogen and oxygen atoms in total. The van der Waals surface area contributed by atoms with Crippen LogP contribution in [-0.2, 0) is 0 Å². The van der Waals surface area contributed by atoms with E-state index in [9.17, 15) is 4.79 Å². The monoisotopic (exact) mass is 327 g/mol. The lowest BCUT2D eigenvalue weighted by Gasteiger charge is -2.27. The summed E-state index contributed by atoms with van der Waals surface area (Å²) in [5.41, 5.74) is 0.718. The second-order valence-corrected chi connectivity index (χ2v) is 6.15. The molecule has 0 saturated carbocycles. The number of ketones is 1. The van der Waals surface area contributed by atoms with Crippen molar-refractivity contribution >= 4 is 5.78 Å². The summed E-state index contributed by atoms with van der Waals surface area (Å²) in [6, 6.07) is 8.73. The summed E-state index contributed by atoms with van der Waals surface area (Å²) in [6.07, 6.45) is 1.45. The Morgan fingerprint density at radius 1 is 1.14 bits per heavy atom. The molecule has 1 aromatic rings. The third-order valence-electron chi connectivity index (χ3n) is 3.80. The van der Waals surface area contributed by atoms with Crippen LogP contribution in [0.4, 0.5) is 0 Å². The number of rotatable bonds is 9. The lowest BCUT2D eigenvalue weighted by Crippen LogP contribution is -3.18. The van der Waals surface area contributed by atoms with Gasteiger partial charge in [-0.15, -0.1) is 0 Å². The zero-order chi connectivity index (χ0) is 15.8. The molecule has 0 aliphatic heterocycles. The van der Waals surface area contributed by atoms with Crippen LogP contribution < -0.4 is 22.0 Å². The van der Waals surface area contributed by atoms with Crippen molar-refractivity contribution in [2.24, 2.45) is 0 Å². The number of nitrogens with one attached hydrogen (secondary N) is 1. The molecule has 0 aliphatic carbocycles. The number of halogens is 1. The van der Waals surface area contributed by atoms with Crippen LogP contribution >= 0.6 is 0 Å². The van der Waals surface area contributed by atoms with E-state index >= 15 is 0 Å². The van der Waals surface area contributed by atoms with E-state index in [4.69, 9.17) is 4.74 Å². The normalized spacial score (nSPS) is 10.9. The van der Waals surface area contributed by atoms with E-state index in [2.05, 4.69) is 27.7 Å². The molecule has 0 spiro atoms. The summed E-state index contributed by atoms with van der Waals surface area (Å²) in [6.45, 7) is 12.5. The van der Waals surface area contributed by atoms with Crippen LogP contribution in [-0.4, -0.2) is 31.0 Å². The number of Topliss-reactive ketones (excluding diaryl/α,β-unsaturated/α-hetero) is 1. The molecule has 1 rings (SSSR count). The van der Waals surface area contributed by atoms with E-state index in [0.717, 1.165) is 24.3 Å². The molecule has 0 saturated heterocycles. The smallest absolute Gasteiger partial charge is 0.166 e. The molecule has 4 heteroatoms. The number of quaternary nitrogens is 1. The average molecular weight is 328 g/mol. The van der Waals surface area contributed by atoms with Gasteiger partial charge in [0.25, 0.3) is 0 Å². The lowest BCUT2D eigenvalue weighted by molar-refractivity contribution is -0.942. The van der Waals surface area contributed by atoms with E-state index in [-0.39, 0.29) is 18.2 Å². The predicted molar refractivity (Wildman–Crippen MR) is 87.3 cm³/mol. The van der Waals surface area contributed by atoms with E-state index < -0.39 is 0 Å². The standard InChI is InChI=1S/C18H29NO2.ClH/c1-6-9-17(20)16-10-7-8-11-18(16)21-13-12-19(14(2)3)15(4)5;/h7-8,10-11,14-15H,6,9,12-13H2,1-5H3;1H. The van der Waals surface area contributed by atoms with Crippen molar-refractivity contribution in [3.8, 4) is 5.75 Å². The first-order valence-electron chi connectivity index (χ1n) is 8.08. The molecule has 0 radical (unpaired) electrons.